The molecule has 15 heavy (non-hydrogen) atoms. The van der Waals surface area contributed by atoms with Crippen molar-refractivity contribution in [1.29, 1.82) is 0 Å². The van der Waals surface area contributed by atoms with Crippen LogP contribution in [0.1, 0.15) is 5.56 Å². The van der Waals surface area contributed by atoms with E-state index in [0.29, 0.717) is 6.07 Å². The lowest BCUT2D eigenvalue weighted by Gasteiger charge is -2.06. The molecule has 0 aliphatic rings. The normalized spacial score (nSPS) is 12.3. The van der Waals surface area contributed by atoms with Gasteiger partial charge in [-0.15, -0.1) is 0 Å². The Bertz CT molecular complexity index is 517. The highest BCUT2D eigenvalue weighted by atomic mass is 79.9. The molecule has 1 N–H and O–H groups in total. The third-order valence-corrected chi connectivity index (χ3v) is 2.46. The van der Waals surface area contributed by atoms with Crippen LogP contribution in [0.25, 0.3) is 10.9 Å². The lowest BCUT2D eigenvalue weighted by Crippen LogP contribution is -2.05. The molecular formula is C8H3BrF4N2. The minimum Gasteiger partial charge on any atom is -0.270 e. The number of hydrogen-bond acceptors (Lipinski definition) is 1. The van der Waals surface area contributed by atoms with E-state index in [-0.39, 0.29) is 15.5 Å². The summed E-state index contributed by atoms with van der Waals surface area (Å²) in [6, 6.07) is 1.24. The van der Waals surface area contributed by atoms with E-state index in [1.807, 2.05) is 0 Å². The van der Waals surface area contributed by atoms with Crippen LogP contribution < -0.4 is 0 Å². The molecule has 0 radical (unpaired) electrons. The average Bonchev–Trinajstić information content (AvgIpc) is 2.46. The fourth-order valence-electron chi connectivity index (χ4n) is 1.23. The van der Waals surface area contributed by atoms with E-state index >= 15 is 0 Å². The number of fused-ring (bicyclic) bond motifs is 1. The molecular weight excluding hydrogens is 280 g/mol. The zero-order valence-corrected chi connectivity index (χ0v) is 8.58. The maximum Gasteiger partial charge on any atom is 0.416 e. The smallest absolute Gasteiger partial charge is 0.270 e. The lowest BCUT2D eigenvalue weighted by atomic mass is 10.1. The summed E-state index contributed by atoms with van der Waals surface area (Å²) in [4.78, 5) is 0. The molecule has 80 valence electrons. The SMILES string of the molecule is Fc1cc(C(F)(F)F)cc2n[nH]c(Br)c12. The average molecular weight is 283 g/mol. The Balaban J connectivity index is 2.74. The molecule has 0 atom stereocenters. The summed E-state index contributed by atoms with van der Waals surface area (Å²) in [6.45, 7) is 0. The number of halogens is 5. The molecule has 0 amide bonds. The quantitative estimate of drug-likeness (QED) is 0.737. The maximum absolute atomic E-state index is 13.3. The second-order valence-corrected chi connectivity index (χ2v) is 3.68. The Hall–Kier alpha value is -1.11. The highest BCUT2D eigenvalue weighted by Crippen LogP contribution is 2.33. The third-order valence-electron chi connectivity index (χ3n) is 1.89. The Morgan fingerprint density at radius 1 is 1.27 bits per heavy atom. The minimum atomic E-state index is -4.57. The van der Waals surface area contributed by atoms with E-state index in [2.05, 4.69) is 26.1 Å². The van der Waals surface area contributed by atoms with Crippen LogP contribution in [-0.2, 0) is 6.18 Å². The minimum absolute atomic E-state index is 0.0167. The van der Waals surface area contributed by atoms with Crippen LogP contribution in [0.15, 0.2) is 16.7 Å². The van der Waals surface area contributed by atoms with Crippen molar-refractivity contribution in [3.05, 3.63) is 28.1 Å². The van der Waals surface area contributed by atoms with Crippen molar-refractivity contribution >= 4 is 26.8 Å². The van der Waals surface area contributed by atoms with Gasteiger partial charge in [0.15, 0.2) is 0 Å². The Morgan fingerprint density at radius 3 is 2.53 bits per heavy atom. The van der Waals surface area contributed by atoms with Gasteiger partial charge in [-0.25, -0.2) is 4.39 Å². The van der Waals surface area contributed by atoms with Crippen LogP contribution in [0.2, 0.25) is 0 Å². The number of rotatable bonds is 0. The van der Waals surface area contributed by atoms with Gasteiger partial charge in [-0.05, 0) is 28.1 Å². The van der Waals surface area contributed by atoms with E-state index in [9.17, 15) is 17.6 Å². The van der Waals surface area contributed by atoms with Gasteiger partial charge in [-0.1, -0.05) is 0 Å². The van der Waals surface area contributed by atoms with E-state index in [1.54, 1.807) is 0 Å². The van der Waals surface area contributed by atoms with E-state index in [1.165, 1.54) is 0 Å². The maximum atomic E-state index is 13.3. The molecule has 0 saturated carbocycles. The van der Waals surface area contributed by atoms with Crippen LogP contribution in [0.3, 0.4) is 0 Å². The summed E-state index contributed by atoms with van der Waals surface area (Å²) in [5, 5.41) is 5.91. The number of hydrogen-bond donors (Lipinski definition) is 1. The lowest BCUT2D eigenvalue weighted by molar-refractivity contribution is -0.137. The molecule has 0 aliphatic heterocycles. The van der Waals surface area contributed by atoms with Crippen LogP contribution in [-0.4, -0.2) is 10.2 Å². The first kappa shape index (κ1) is 10.4. The Kier molecular flexibility index (Phi) is 2.22. The number of nitrogens with zero attached hydrogens (tertiary/aromatic N) is 1. The monoisotopic (exact) mass is 282 g/mol. The van der Waals surface area contributed by atoms with Gasteiger partial charge in [0.05, 0.1) is 16.5 Å². The summed E-state index contributed by atoms with van der Waals surface area (Å²) in [6.07, 6.45) is -4.57. The topological polar surface area (TPSA) is 28.7 Å². The zero-order chi connectivity index (χ0) is 11.2. The van der Waals surface area contributed by atoms with Gasteiger partial charge < -0.3 is 0 Å². The highest BCUT2D eigenvalue weighted by molar-refractivity contribution is 9.10. The van der Waals surface area contributed by atoms with Gasteiger partial charge in [0.1, 0.15) is 10.4 Å². The van der Waals surface area contributed by atoms with Crippen LogP contribution >= 0.6 is 15.9 Å². The van der Waals surface area contributed by atoms with Crippen molar-refractivity contribution in [2.24, 2.45) is 0 Å². The predicted octanol–water partition coefficient (Wildman–Crippen LogP) is 3.48. The molecule has 1 heterocycles. The van der Waals surface area contributed by atoms with Crippen molar-refractivity contribution in [2.45, 2.75) is 6.18 Å². The number of nitrogens with one attached hydrogen (secondary N) is 1. The molecule has 0 aliphatic carbocycles. The summed E-state index contributed by atoms with van der Waals surface area (Å²) in [5.41, 5.74) is -1.11. The van der Waals surface area contributed by atoms with Crippen molar-refractivity contribution in [3.8, 4) is 0 Å². The van der Waals surface area contributed by atoms with Gasteiger partial charge in [0.25, 0.3) is 0 Å². The van der Waals surface area contributed by atoms with Gasteiger partial charge in [-0.2, -0.15) is 18.3 Å². The van der Waals surface area contributed by atoms with Crippen LogP contribution in [0.5, 0.6) is 0 Å². The second-order valence-electron chi connectivity index (χ2n) is 2.89. The highest BCUT2D eigenvalue weighted by Gasteiger charge is 2.32. The largest absolute Gasteiger partial charge is 0.416 e. The zero-order valence-electron chi connectivity index (χ0n) is 6.99. The van der Waals surface area contributed by atoms with E-state index in [4.69, 9.17) is 0 Å². The third kappa shape index (κ3) is 1.71. The molecule has 0 unspecified atom stereocenters. The molecule has 0 fully saturated rings. The van der Waals surface area contributed by atoms with Gasteiger partial charge in [0, 0.05) is 0 Å². The fourth-order valence-corrected chi connectivity index (χ4v) is 1.71. The molecule has 0 bridgehead atoms. The number of alkyl halides is 3. The summed E-state index contributed by atoms with van der Waals surface area (Å²) < 4.78 is 50.4. The second kappa shape index (κ2) is 3.19. The summed E-state index contributed by atoms with van der Waals surface area (Å²) in [7, 11) is 0. The number of aromatic nitrogens is 2. The Morgan fingerprint density at radius 2 is 1.93 bits per heavy atom. The van der Waals surface area contributed by atoms with E-state index in [0.717, 1.165) is 6.07 Å². The summed E-state index contributed by atoms with van der Waals surface area (Å²) >= 11 is 2.95. The first-order valence-electron chi connectivity index (χ1n) is 3.80. The van der Waals surface area contributed by atoms with Gasteiger partial charge in [0.2, 0.25) is 0 Å². The molecule has 1 aromatic carbocycles. The number of benzene rings is 1. The molecule has 2 rings (SSSR count). The first-order valence-corrected chi connectivity index (χ1v) is 4.59. The number of H-pyrrole nitrogens is 1. The molecule has 0 spiro atoms. The van der Waals surface area contributed by atoms with Crippen LogP contribution in [0.4, 0.5) is 17.6 Å². The van der Waals surface area contributed by atoms with Crippen molar-refractivity contribution in [3.63, 3.8) is 0 Å². The predicted molar refractivity (Wildman–Crippen MR) is 48.8 cm³/mol. The van der Waals surface area contributed by atoms with Crippen molar-refractivity contribution in [1.82, 2.24) is 10.2 Å². The fraction of sp³-hybridized carbons (Fsp3) is 0.125. The molecule has 7 heteroatoms. The molecule has 2 nitrogen and oxygen atoms in total. The van der Waals surface area contributed by atoms with Crippen LogP contribution in [0, 0.1) is 5.82 Å². The van der Waals surface area contributed by atoms with Crippen molar-refractivity contribution < 1.29 is 17.6 Å². The van der Waals surface area contributed by atoms with Gasteiger partial charge >= 0.3 is 6.18 Å². The van der Waals surface area contributed by atoms with E-state index < -0.39 is 17.6 Å². The number of aromatic amines is 1. The van der Waals surface area contributed by atoms with Gasteiger partial charge in [-0.3, -0.25) is 5.10 Å². The molecule has 2 aromatic rings. The van der Waals surface area contributed by atoms with Crippen molar-refractivity contribution in [2.75, 3.05) is 0 Å². The summed E-state index contributed by atoms with van der Waals surface area (Å²) in [5.74, 6) is -0.958. The standard InChI is InChI=1S/C8H3BrF4N2/c9-7-6-4(10)1-3(8(11,12)13)2-5(6)14-15-7/h1-2H,(H,14,15). The first-order chi connectivity index (χ1) is 6.89. The molecule has 0 saturated heterocycles. The molecule has 1 aromatic heterocycles. The Labute approximate surface area is 89.4 Å².